The van der Waals surface area contributed by atoms with Crippen LogP contribution in [0.15, 0.2) is 12.1 Å². The maximum Gasteiger partial charge on any atom is 0.453 e. The molecule has 4 rings (SSSR count). The average Bonchev–Trinajstić information content (AvgIpc) is 2.91. The number of piperazine rings is 1. The maximum atomic E-state index is 12.9. The van der Waals surface area contributed by atoms with Gasteiger partial charge >= 0.3 is 6.18 Å². The Kier molecular flexibility index (Phi) is 3.61. The zero-order valence-electron chi connectivity index (χ0n) is 13.2. The molecule has 130 valence electrons. The number of hydrogen-bond acceptors (Lipinski definition) is 6. The highest BCUT2D eigenvalue weighted by molar-refractivity contribution is 5.48. The molecule has 0 amide bonds. The van der Waals surface area contributed by atoms with Crippen molar-refractivity contribution < 1.29 is 13.2 Å². The van der Waals surface area contributed by atoms with Crippen LogP contribution in [-0.2, 0) is 6.18 Å². The quantitative estimate of drug-likeness (QED) is 0.797. The lowest BCUT2D eigenvalue weighted by molar-refractivity contribution is -0.146. The summed E-state index contributed by atoms with van der Waals surface area (Å²) in [6.07, 6.45) is -4.57. The molecule has 2 saturated heterocycles. The number of fused-ring (bicyclic) bond motifs is 1. The minimum Gasteiger partial charge on any atom is -0.352 e. The SMILES string of the molecule is CN1CCN(C2CN(c3ccc4nnc(C(F)(F)F)n4n3)C2)CC1. The summed E-state index contributed by atoms with van der Waals surface area (Å²) in [6, 6.07) is 3.66. The van der Waals surface area contributed by atoms with E-state index in [2.05, 4.69) is 32.1 Å². The summed E-state index contributed by atoms with van der Waals surface area (Å²) in [5, 5.41) is 10.8. The maximum absolute atomic E-state index is 12.9. The predicted octanol–water partition coefficient (Wildman–Crippen LogP) is 0.579. The van der Waals surface area contributed by atoms with Crippen LogP contribution in [-0.4, -0.2) is 82.0 Å². The van der Waals surface area contributed by atoms with Crippen LogP contribution in [0.5, 0.6) is 0 Å². The van der Waals surface area contributed by atoms with Crippen molar-refractivity contribution in [3.8, 4) is 0 Å². The lowest BCUT2D eigenvalue weighted by atomic mass is 10.1. The molecule has 2 aliphatic heterocycles. The second-order valence-corrected chi connectivity index (χ2v) is 6.38. The van der Waals surface area contributed by atoms with Crippen LogP contribution >= 0.6 is 0 Å². The van der Waals surface area contributed by atoms with Crippen molar-refractivity contribution in [1.29, 1.82) is 0 Å². The van der Waals surface area contributed by atoms with Crippen LogP contribution in [0.3, 0.4) is 0 Å². The van der Waals surface area contributed by atoms with Gasteiger partial charge in [0.1, 0.15) is 5.82 Å². The van der Waals surface area contributed by atoms with Crippen molar-refractivity contribution in [2.24, 2.45) is 0 Å². The van der Waals surface area contributed by atoms with E-state index in [4.69, 9.17) is 0 Å². The van der Waals surface area contributed by atoms with E-state index in [1.54, 1.807) is 6.07 Å². The molecule has 2 aromatic rings. The van der Waals surface area contributed by atoms with Crippen LogP contribution < -0.4 is 4.90 Å². The number of anilines is 1. The Morgan fingerprint density at radius 1 is 1.04 bits per heavy atom. The molecule has 0 unspecified atom stereocenters. The standard InChI is InChI=1S/C14H18F3N7/c1-21-4-6-22(7-5-21)10-8-23(9-10)12-3-2-11-18-19-13(14(15,16)17)24(11)20-12/h2-3,10H,4-9H2,1H3. The van der Waals surface area contributed by atoms with E-state index in [0.717, 1.165) is 43.8 Å². The van der Waals surface area contributed by atoms with Gasteiger partial charge in [0, 0.05) is 45.3 Å². The Bertz CT molecular complexity index is 730. The predicted molar refractivity (Wildman–Crippen MR) is 80.9 cm³/mol. The molecule has 0 aliphatic carbocycles. The van der Waals surface area contributed by atoms with Gasteiger partial charge in [-0.05, 0) is 19.2 Å². The van der Waals surface area contributed by atoms with Gasteiger partial charge in [-0.2, -0.15) is 17.7 Å². The van der Waals surface area contributed by atoms with E-state index in [1.807, 2.05) is 4.90 Å². The third-order valence-corrected chi connectivity index (χ3v) is 4.74. The molecule has 7 nitrogen and oxygen atoms in total. The molecular formula is C14H18F3N7. The molecule has 0 atom stereocenters. The smallest absolute Gasteiger partial charge is 0.352 e. The highest BCUT2D eigenvalue weighted by Crippen LogP contribution is 2.29. The first-order chi connectivity index (χ1) is 11.4. The van der Waals surface area contributed by atoms with Crippen molar-refractivity contribution in [3.05, 3.63) is 18.0 Å². The summed E-state index contributed by atoms with van der Waals surface area (Å²) >= 11 is 0. The Hall–Kier alpha value is -1.94. The zero-order valence-corrected chi connectivity index (χ0v) is 13.2. The van der Waals surface area contributed by atoms with Gasteiger partial charge in [0.2, 0.25) is 0 Å². The molecule has 0 spiro atoms. The topological polar surface area (TPSA) is 52.8 Å². The van der Waals surface area contributed by atoms with Crippen LogP contribution in [0, 0.1) is 0 Å². The lowest BCUT2D eigenvalue weighted by Crippen LogP contribution is -2.63. The molecule has 0 N–H and O–H groups in total. The number of nitrogens with zero attached hydrogens (tertiary/aromatic N) is 7. The molecule has 24 heavy (non-hydrogen) atoms. The number of halogens is 3. The van der Waals surface area contributed by atoms with Crippen LogP contribution in [0.1, 0.15) is 5.82 Å². The second-order valence-electron chi connectivity index (χ2n) is 6.38. The van der Waals surface area contributed by atoms with Gasteiger partial charge in [-0.25, -0.2) is 0 Å². The summed E-state index contributed by atoms with van der Waals surface area (Å²) in [5.74, 6) is -0.561. The molecule has 2 fully saturated rings. The van der Waals surface area contributed by atoms with Gasteiger partial charge in [0.25, 0.3) is 5.82 Å². The lowest BCUT2D eigenvalue weighted by Gasteiger charge is -2.48. The van der Waals surface area contributed by atoms with Gasteiger partial charge < -0.3 is 9.80 Å². The summed E-state index contributed by atoms with van der Waals surface area (Å²) in [6.45, 7) is 5.74. The van der Waals surface area contributed by atoms with Crippen molar-refractivity contribution in [2.75, 3.05) is 51.2 Å². The first-order valence-electron chi connectivity index (χ1n) is 7.89. The highest BCUT2D eigenvalue weighted by atomic mass is 19.4. The third-order valence-electron chi connectivity index (χ3n) is 4.74. The van der Waals surface area contributed by atoms with E-state index in [1.165, 1.54) is 6.07 Å². The van der Waals surface area contributed by atoms with Gasteiger partial charge in [-0.1, -0.05) is 0 Å². The second kappa shape index (κ2) is 5.55. The number of hydrogen-bond donors (Lipinski definition) is 0. The Morgan fingerprint density at radius 3 is 2.42 bits per heavy atom. The van der Waals surface area contributed by atoms with Crippen molar-refractivity contribution in [3.63, 3.8) is 0 Å². The largest absolute Gasteiger partial charge is 0.453 e. The van der Waals surface area contributed by atoms with Crippen molar-refractivity contribution >= 4 is 11.5 Å². The summed E-state index contributed by atoms with van der Waals surface area (Å²) in [5.41, 5.74) is 0.0993. The zero-order chi connectivity index (χ0) is 16.9. The minimum atomic E-state index is -4.57. The number of aromatic nitrogens is 4. The highest BCUT2D eigenvalue weighted by Gasteiger charge is 2.38. The fraction of sp³-hybridized carbons (Fsp3) is 0.643. The van der Waals surface area contributed by atoms with E-state index in [9.17, 15) is 13.2 Å². The summed E-state index contributed by atoms with van der Waals surface area (Å²) in [7, 11) is 2.11. The molecule has 4 heterocycles. The van der Waals surface area contributed by atoms with Crippen LogP contribution in [0.25, 0.3) is 5.65 Å². The average molecular weight is 341 g/mol. The van der Waals surface area contributed by atoms with Crippen LogP contribution in [0.4, 0.5) is 19.0 Å². The van der Waals surface area contributed by atoms with Gasteiger partial charge in [-0.3, -0.25) is 4.90 Å². The van der Waals surface area contributed by atoms with E-state index >= 15 is 0 Å². The molecule has 0 radical (unpaired) electrons. The van der Waals surface area contributed by atoms with Crippen LogP contribution in [0.2, 0.25) is 0 Å². The third kappa shape index (κ3) is 2.69. The number of rotatable bonds is 2. The van der Waals surface area contributed by atoms with Gasteiger partial charge in [0.05, 0.1) is 0 Å². The summed E-state index contributed by atoms with van der Waals surface area (Å²) < 4.78 is 39.6. The Morgan fingerprint density at radius 2 is 1.75 bits per heavy atom. The van der Waals surface area contributed by atoms with E-state index < -0.39 is 12.0 Å². The normalized spacial score (nSPS) is 21.4. The van der Waals surface area contributed by atoms with E-state index in [-0.39, 0.29) is 5.65 Å². The fourth-order valence-electron chi connectivity index (χ4n) is 3.19. The van der Waals surface area contributed by atoms with E-state index in [0.29, 0.717) is 11.9 Å². The first-order valence-corrected chi connectivity index (χ1v) is 7.89. The Balaban J connectivity index is 1.48. The molecule has 0 bridgehead atoms. The van der Waals surface area contributed by atoms with Crippen molar-refractivity contribution in [2.45, 2.75) is 12.2 Å². The molecular weight excluding hydrogens is 323 g/mol. The minimum absolute atomic E-state index is 0.0993. The van der Waals surface area contributed by atoms with Gasteiger partial charge in [0.15, 0.2) is 5.65 Å². The molecule has 2 aliphatic rings. The fourth-order valence-corrected chi connectivity index (χ4v) is 3.19. The van der Waals surface area contributed by atoms with Gasteiger partial charge in [-0.15, -0.1) is 15.3 Å². The molecule has 0 aromatic carbocycles. The number of likely N-dealkylation sites (N-methyl/N-ethyl adjacent to an activating group) is 1. The first kappa shape index (κ1) is 15.6. The number of alkyl halides is 3. The van der Waals surface area contributed by atoms with Crippen molar-refractivity contribution in [1.82, 2.24) is 29.6 Å². The summed E-state index contributed by atoms with van der Waals surface area (Å²) in [4.78, 5) is 6.73. The molecule has 2 aromatic heterocycles. The Labute approximate surface area is 136 Å². The molecule has 0 saturated carbocycles. The monoisotopic (exact) mass is 341 g/mol. The molecule has 10 heteroatoms.